The van der Waals surface area contributed by atoms with E-state index in [1.807, 2.05) is 37.3 Å². The molecule has 0 aliphatic carbocycles. The topological polar surface area (TPSA) is 61.4 Å². The fourth-order valence-electron chi connectivity index (χ4n) is 3.07. The summed E-state index contributed by atoms with van der Waals surface area (Å²) in [6.45, 7) is 3.15. The van der Waals surface area contributed by atoms with Gasteiger partial charge in [0, 0.05) is 30.0 Å². The van der Waals surface area contributed by atoms with E-state index in [1.54, 1.807) is 6.07 Å². The van der Waals surface area contributed by atoms with Crippen LogP contribution in [0.25, 0.3) is 0 Å². The summed E-state index contributed by atoms with van der Waals surface area (Å²) in [6.07, 6.45) is 2.27. The van der Waals surface area contributed by atoms with E-state index in [0.717, 1.165) is 25.1 Å². The third-order valence-corrected chi connectivity index (χ3v) is 4.22. The second-order valence-corrected chi connectivity index (χ2v) is 6.23. The Labute approximate surface area is 148 Å². The molecule has 3 rings (SSSR count). The summed E-state index contributed by atoms with van der Waals surface area (Å²) >= 11 is 0. The number of hydrogen-bond acceptors (Lipinski definition) is 3. The van der Waals surface area contributed by atoms with Gasteiger partial charge in [0.1, 0.15) is 0 Å². The number of anilines is 3. The number of amides is 2. The Hall–Kier alpha value is -2.82. The lowest BCUT2D eigenvalue weighted by Gasteiger charge is -2.19. The first-order valence-corrected chi connectivity index (χ1v) is 8.68. The van der Waals surface area contributed by atoms with Crippen LogP contribution >= 0.6 is 0 Å². The Balaban J connectivity index is 1.59. The highest BCUT2D eigenvalue weighted by atomic mass is 16.2. The average Bonchev–Trinajstić information content (AvgIpc) is 2.98. The molecule has 0 spiro atoms. The molecule has 5 heteroatoms. The van der Waals surface area contributed by atoms with Gasteiger partial charge in [0.15, 0.2) is 0 Å². The van der Waals surface area contributed by atoms with Crippen molar-refractivity contribution in [3.63, 3.8) is 0 Å². The van der Waals surface area contributed by atoms with Crippen LogP contribution in [-0.2, 0) is 16.0 Å². The fourth-order valence-corrected chi connectivity index (χ4v) is 3.07. The molecule has 2 N–H and O–H groups in total. The Morgan fingerprint density at radius 3 is 2.48 bits per heavy atom. The third-order valence-electron chi connectivity index (χ3n) is 4.22. The number of benzene rings is 2. The van der Waals surface area contributed by atoms with Crippen molar-refractivity contribution in [2.75, 3.05) is 28.6 Å². The van der Waals surface area contributed by atoms with E-state index >= 15 is 0 Å². The van der Waals surface area contributed by atoms with Gasteiger partial charge in [-0.15, -0.1) is 0 Å². The van der Waals surface area contributed by atoms with Crippen molar-refractivity contribution in [2.24, 2.45) is 0 Å². The number of para-hydroxylation sites is 1. The molecule has 130 valence electrons. The number of nitrogens with one attached hydrogen (secondary N) is 2. The predicted octanol–water partition coefficient (Wildman–Crippen LogP) is 3.43. The standard InChI is InChI=1S/C20H23N3O2/c1-2-6-19(24)21-16-8-5-9-17(13-16)22-20(25)14-23-12-11-15-7-3-4-10-18(15)23/h3-5,7-10,13H,2,6,11-12,14H2,1H3,(H,21,24)(H,22,25). The van der Waals surface area contributed by atoms with Gasteiger partial charge in [-0.1, -0.05) is 31.2 Å². The third kappa shape index (κ3) is 4.38. The Bertz CT molecular complexity index is 773. The lowest BCUT2D eigenvalue weighted by Crippen LogP contribution is -2.31. The van der Waals surface area contributed by atoms with Crippen LogP contribution in [0.5, 0.6) is 0 Å². The molecule has 1 aliphatic rings. The maximum absolute atomic E-state index is 12.4. The van der Waals surface area contributed by atoms with E-state index < -0.39 is 0 Å². The highest BCUT2D eigenvalue weighted by molar-refractivity contribution is 5.96. The number of carbonyl (C=O) groups excluding carboxylic acids is 2. The minimum atomic E-state index is -0.0614. The van der Waals surface area contributed by atoms with Crippen LogP contribution in [0, 0.1) is 0 Å². The minimum Gasteiger partial charge on any atom is -0.362 e. The Morgan fingerprint density at radius 2 is 1.72 bits per heavy atom. The summed E-state index contributed by atoms with van der Waals surface area (Å²) in [5.41, 5.74) is 3.81. The minimum absolute atomic E-state index is 0.0142. The van der Waals surface area contributed by atoms with Crippen LogP contribution in [0.2, 0.25) is 0 Å². The van der Waals surface area contributed by atoms with Crippen molar-refractivity contribution >= 4 is 28.9 Å². The zero-order valence-electron chi connectivity index (χ0n) is 14.4. The highest BCUT2D eigenvalue weighted by Gasteiger charge is 2.20. The Kier molecular flexibility index (Phi) is 5.33. The monoisotopic (exact) mass is 337 g/mol. The molecule has 0 aromatic heterocycles. The van der Waals surface area contributed by atoms with Crippen molar-refractivity contribution in [3.05, 3.63) is 54.1 Å². The van der Waals surface area contributed by atoms with Gasteiger partial charge in [-0.2, -0.15) is 0 Å². The molecule has 0 radical (unpaired) electrons. The first-order chi connectivity index (χ1) is 12.2. The van der Waals surface area contributed by atoms with E-state index in [1.165, 1.54) is 5.56 Å². The van der Waals surface area contributed by atoms with Gasteiger partial charge < -0.3 is 15.5 Å². The van der Waals surface area contributed by atoms with Crippen LogP contribution in [0.15, 0.2) is 48.5 Å². The molecular formula is C20H23N3O2. The number of carbonyl (C=O) groups is 2. The zero-order valence-corrected chi connectivity index (χ0v) is 14.4. The number of rotatable bonds is 6. The Morgan fingerprint density at radius 1 is 1.00 bits per heavy atom. The van der Waals surface area contributed by atoms with Crippen molar-refractivity contribution in [1.82, 2.24) is 0 Å². The molecule has 0 fully saturated rings. The largest absolute Gasteiger partial charge is 0.362 e. The molecule has 1 heterocycles. The molecule has 0 atom stereocenters. The van der Waals surface area contributed by atoms with E-state index in [4.69, 9.17) is 0 Å². The number of fused-ring (bicyclic) bond motifs is 1. The van der Waals surface area contributed by atoms with E-state index in [9.17, 15) is 9.59 Å². The highest BCUT2D eigenvalue weighted by Crippen LogP contribution is 2.27. The number of nitrogens with zero attached hydrogens (tertiary/aromatic N) is 1. The maximum Gasteiger partial charge on any atom is 0.243 e. The summed E-state index contributed by atoms with van der Waals surface area (Å²) in [7, 11) is 0. The SMILES string of the molecule is CCCC(=O)Nc1cccc(NC(=O)CN2CCc3ccccc32)c1. The van der Waals surface area contributed by atoms with Gasteiger partial charge in [0.2, 0.25) is 11.8 Å². The van der Waals surface area contributed by atoms with Gasteiger partial charge in [-0.05, 0) is 42.7 Å². The first-order valence-electron chi connectivity index (χ1n) is 8.68. The molecule has 2 aromatic rings. The van der Waals surface area contributed by atoms with E-state index in [0.29, 0.717) is 24.3 Å². The van der Waals surface area contributed by atoms with Crippen LogP contribution in [0.1, 0.15) is 25.3 Å². The van der Waals surface area contributed by atoms with E-state index in [-0.39, 0.29) is 11.8 Å². The van der Waals surface area contributed by atoms with E-state index in [2.05, 4.69) is 27.7 Å². The van der Waals surface area contributed by atoms with Crippen molar-refractivity contribution in [1.29, 1.82) is 0 Å². The second kappa shape index (κ2) is 7.83. The van der Waals surface area contributed by atoms with Crippen LogP contribution < -0.4 is 15.5 Å². The summed E-state index contributed by atoms with van der Waals surface area (Å²) < 4.78 is 0. The molecule has 0 saturated heterocycles. The molecule has 0 bridgehead atoms. The van der Waals surface area contributed by atoms with Crippen LogP contribution in [0.4, 0.5) is 17.1 Å². The van der Waals surface area contributed by atoms with Crippen molar-refractivity contribution < 1.29 is 9.59 Å². The molecular weight excluding hydrogens is 314 g/mol. The fraction of sp³-hybridized carbons (Fsp3) is 0.300. The smallest absolute Gasteiger partial charge is 0.243 e. The normalized spacial score (nSPS) is 12.6. The molecule has 0 saturated carbocycles. The van der Waals surface area contributed by atoms with Crippen molar-refractivity contribution in [3.8, 4) is 0 Å². The number of hydrogen-bond donors (Lipinski definition) is 2. The van der Waals surface area contributed by atoms with Crippen LogP contribution in [-0.4, -0.2) is 24.9 Å². The maximum atomic E-state index is 12.4. The zero-order chi connectivity index (χ0) is 17.6. The lowest BCUT2D eigenvalue weighted by molar-refractivity contribution is -0.116. The summed E-state index contributed by atoms with van der Waals surface area (Å²) in [5.74, 6) is -0.0756. The van der Waals surface area contributed by atoms with Gasteiger partial charge in [-0.3, -0.25) is 9.59 Å². The average molecular weight is 337 g/mol. The van der Waals surface area contributed by atoms with Crippen molar-refractivity contribution in [2.45, 2.75) is 26.2 Å². The molecule has 2 aromatic carbocycles. The van der Waals surface area contributed by atoms with Crippen LogP contribution in [0.3, 0.4) is 0 Å². The van der Waals surface area contributed by atoms with Gasteiger partial charge in [-0.25, -0.2) is 0 Å². The molecule has 1 aliphatic heterocycles. The quantitative estimate of drug-likeness (QED) is 0.849. The molecule has 25 heavy (non-hydrogen) atoms. The second-order valence-electron chi connectivity index (χ2n) is 6.23. The summed E-state index contributed by atoms with van der Waals surface area (Å²) in [4.78, 5) is 26.2. The predicted molar refractivity (Wildman–Crippen MR) is 101 cm³/mol. The van der Waals surface area contributed by atoms with Gasteiger partial charge in [0.05, 0.1) is 6.54 Å². The molecule has 0 unspecified atom stereocenters. The summed E-state index contributed by atoms with van der Waals surface area (Å²) in [6, 6.07) is 15.4. The molecule has 5 nitrogen and oxygen atoms in total. The van der Waals surface area contributed by atoms with Gasteiger partial charge >= 0.3 is 0 Å². The van der Waals surface area contributed by atoms with Gasteiger partial charge in [0.25, 0.3) is 0 Å². The molecule has 2 amide bonds. The first kappa shape index (κ1) is 17.0. The lowest BCUT2D eigenvalue weighted by atomic mass is 10.2. The summed E-state index contributed by atoms with van der Waals surface area (Å²) in [5, 5.41) is 5.76.